The summed E-state index contributed by atoms with van der Waals surface area (Å²) >= 11 is 0. The van der Waals surface area contributed by atoms with Crippen molar-refractivity contribution in [1.29, 1.82) is 0 Å². The minimum Gasteiger partial charge on any atom is -0.497 e. The summed E-state index contributed by atoms with van der Waals surface area (Å²) in [6, 6.07) is 18.9. The first-order valence-corrected chi connectivity index (χ1v) is 10.2. The van der Waals surface area contributed by atoms with Crippen molar-refractivity contribution in [2.45, 2.75) is 19.6 Å². The van der Waals surface area contributed by atoms with E-state index in [1.165, 1.54) is 12.1 Å². The lowest BCUT2D eigenvalue weighted by Gasteiger charge is -2.33. The summed E-state index contributed by atoms with van der Waals surface area (Å²) in [5, 5.41) is 3.44. The Bertz CT molecular complexity index is 1140. The Morgan fingerprint density at radius 3 is 2.50 bits per heavy atom. The standard InChI is InChI=1S/C26H24F2N2O2/c1-18-6-3-4-9-25(18)32-24-10-11-30(17-19-12-20(27)14-21(28)13-19)26(16-24)29-22-7-5-8-23(15-22)31-2/h3-16,26,29H,17H2,1-2H3. The van der Waals surface area contributed by atoms with Crippen molar-refractivity contribution < 1.29 is 18.3 Å². The van der Waals surface area contributed by atoms with E-state index < -0.39 is 11.6 Å². The zero-order valence-corrected chi connectivity index (χ0v) is 17.9. The fourth-order valence-corrected chi connectivity index (χ4v) is 3.51. The van der Waals surface area contributed by atoms with Gasteiger partial charge in [0.25, 0.3) is 0 Å². The van der Waals surface area contributed by atoms with Crippen LogP contribution in [0, 0.1) is 18.6 Å². The van der Waals surface area contributed by atoms with Gasteiger partial charge in [-0.15, -0.1) is 0 Å². The average Bonchev–Trinajstić information content (AvgIpc) is 2.76. The fourth-order valence-electron chi connectivity index (χ4n) is 3.51. The monoisotopic (exact) mass is 434 g/mol. The molecule has 4 rings (SSSR count). The smallest absolute Gasteiger partial charge is 0.130 e. The van der Waals surface area contributed by atoms with Crippen LogP contribution in [0.1, 0.15) is 11.1 Å². The molecular formula is C26H24F2N2O2. The van der Waals surface area contributed by atoms with Crippen LogP contribution in [-0.4, -0.2) is 18.2 Å². The number of rotatable bonds is 7. The van der Waals surface area contributed by atoms with Crippen LogP contribution in [0.4, 0.5) is 14.5 Å². The van der Waals surface area contributed by atoms with Gasteiger partial charge in [0.1, 0.15) is 35.1 Å². The first-order valence-electron chi connectivity index (χ1n) is 10.2. The number of halogens is 2. The molecule has 1 unspecified atom stereocenters. The lowest BCUT2D eigenvalue weighted by Crippen LogP contribution is -2.37. The summed E-state index contributed by atoms with van der Waals surface area (Å²) in [5.74, 6) is 0.959. The maximum Gasteiger partial charge on any atom is 0.130 e. The SMILES string of the molecule is COc1cccc(NC2C=C(Oc3ccccc3C)C=CN2Cc2cc(F)cc(F)c2)c1. The Labute approximate surface area is 186 Å². The van der Waals surface area contributed by atoms with Gasteiger partial charge in [-0.05, 0) is 54.5 Å². The Morgan fingerprint density at radius 2 is 1.75 bits per heavy atom. The van der Waals surface area contributed by atoms with Gasteiger partial charge >= 0.3 is 0 Å². The molecule has 0 bridgehead atoms. The molecule has 1 N–H and O–H groups in total. The van der Waals surface area contributed by atoms with Gasteiger partial charge < -0.3 is 19.7 Å². The van der Waals surface area contributed by atoms with Crippen molar-refractivity contribution >= 4 is 5.69 Å². The fraction of sp³-hybridized carbons (Fsp3) is 0.154. The molecule has 3 aromatic carbocycles. The molecule has 32 heavy (non-hydrogen) atoms. The van der Waals surface area contributed by atoms with E-state index in [1.54, 1.807) is 7.11 Å². The van der Waals surface area contributed by atoms with Gasteiger partial charge in [-0.3, -0.25) is 0 Å². The Morgan fingerprint density at radius 1 is 0.969 bits per heavy atom. The van der Waals surface area contributed by atoms with Crippen molar-refractivity contribution in [2.24, 2.45) is 0 Å². The first-order chi connectivity index (χ1) is 15.5. The van der Waals surface area contributed by atoms with E-state index in [1.807, 2.05) is 78.7 Å². The zero-order chi connectivity index (χ0) is 22.5. The van der Waals surface area contributed by atoms with Crippen LogP contribution in [0.5, 0.6) is 11.5 Å². The molecule has 4 nitrogen and oxygen atoms in total. The van der Waals surface area contributed by atoms with E-state index in [-0.39, 0.29) is 6.17 Å². The van der Waals surface area contributed by atoms with Gasteiger partial charge in [-0.25, -0.2) is 8.78 Å². The lowest BCUT2D eigenvalue weighted by atomic mass is 10.1. The van der Waals surface area contributed by atoms with Crippen LogP contribution in [-0.2, 0) is 6.54 Å². The van der Waals surface area contributed by atoms with Crippen molar-refractivity contribution in [3.63, 3.8) is 0 Å². The van der Waals surface area contributed by atoms with Crippen LogP contribution in [0.15, 0.2) is 90.8 Å². The summed E-state index contributed by atoms with van der Waals surface area (Å²) in [5.41, 5.74) is 2.39. The summed E-state index contributed by atoms with van der Waals surface area (Å²) in [6.45, 7) is 2.29. The molecule has 0 saturated carbocycles. The normalized spacial score (nSPS) is 15.3. The first kappa shape index (κ1) is 21.4. The predicted molar refractivity (Wildman–Crippen MR) is 121 cm³/mol. The Hall–Kier alpha value is -3.80. The number of methoxy groups -OCH3 is 1. The second kappa shape index (κ2) is 9.56. The Balaban J connectivity index is 1.60. The number of benzene rings is 3. The number of allylic oxidation sites excluding steroid dienone is 1. The predicted octanol–water partition coefficient (Wildman–Crippen LogP) is 6.01. The quantitative estimate of drug-likeness (QED) is 0.494. The maximum atomic E-state index is 13.7. The third-order valence-electron chi connectivity index (χ3n) is 5.10. The molecule has 1 aliphatic rings. The molecule has 0 amide bonds. The zero-order valence-electron chi connectivity index (χ0n) is 17.9. The molecular weight excluding hydrogens is 410 g/mol. The third kappa shape index (κ3) is 5.27. The van der Waals surface area contributed by atoms with Crippen LogP contribution in [0.2, 0.25) is 0 Å². The number of nitrogens with one attached hydrogen (secondary N) is 1. The van der Waals surface area contributed by atoms with Gasteiger partial charge in [0.15, 0.2) is 0 Å². The van der Waals surface area contributed by atoms with E-state index >= 15 is 0 Å². The highest BCUT2D eigenvalue weighted by Gasteiger charge is 2.20. The molecule has 1 atom stereocenters. The van der Waals surface area contributed by atoms with Gasteiger partial charge in [-0.1, -0.05) is 24.3 Å². The molecule has 164 valence electrons. The number of anilines is 1. The molecule has 0 radical (unpaired) electrons. The minimum atomic E-state index is -0.600. The molecule has 0 spiro atoms. The molecule has 3 aromatic rings. The number of nitrogens with zero attached hydrogens (tertiary/aromatic N) is 1. The highest BCUT2D eigenvalue weighted by molar-refractivity contribution is 5.50. The minimum absolute atomic E-state index is 0.307. The highest BCUT2D eigenvalue weighted by atomic mass is 19.1. The highest BCUT2D eigenvalue weighted by Crippen LogP contribution is 2.26. The molecule has 0 aliphatic carbocycles. The molecule has 0 saturated heterocycles. The average molecular weight is 434 g/mol. The summed E-state index contributed by atoms with van der Waals surface area (Å²) < 4.78 is 38.8. The van der Waals surface area contributed by atoms with Gasteiger partial charge in [0, 0.05) is 36.6 Å². The van der Waals surface area contributed by atoms with Crippen molar-refractivity contribution in [3.8, 4) is 11.5 Å². The second-order valence-electron chi connectivity index (χ2n) is 7.52. The van der Waals surface area contributed by atoms with Gasteiger partial charge in [-0.2, -0.15) is 0 Å². The third-order valence-corrected chi connectivity index (χ3v) is 5.10. The molecule has 1 aliphatic heterocycles. The van der Waals surface area contributed by atoms with Crippen molar-refractivity contribution in [2.75, 3.05) is 12.4 Å². The van der Waals surface area contributed by atoms with E-state index in [2.05, 4.69) is 5.32 Å². The van der Waals surface area contributed by atoms with Crippen LogP contribution >= 0.6 is 0 Å². The van der Waals surface area contributed by atoms with E-state index in [9.17, 15) is 8.78 Å². The number of hydrogen-bond donors (Lipinski definition) is 1. The number of ether oxygens (including phenoxy) is 2. The lowest BCUT2D eigenvalue weighted by molar-refractivity contribution is 0.313. The van der Waals surface area contributed by atoms with Crippen molar-refractivity contribution in [1.82, 2.24) is 4.90 Å². The number of para-hydroxylation sites is 1. The van der Waals surface area contributed by atoms with Crippen LogP contribution in [0.3, 0.4) is 0 Å². The van der Waals surface area contributed by atoms with Crippen LogP contribution in [0.25, 0.3) is 0 Å². The second-order valence-corrected chi connectivity index (χ2v) is 7.52. The van der Waals surface area contributed by atoms with Gasteiger partial charge in [0.2, 0.25) is 0 Å². The largest absolute Gasteiger partial charge is 0.497 e. The molecule has 1 heterocycles. The van der Waals surface area contributed by atoms with E-state index in [4.69, 9.17) is 9.47 Å². The van der Waals surface area contributed by atoms with E-state index in [0.717, 1.165) is 28.8 Å². The molecule has 6 heteroatoms. The van der Waals surface area contributed by atoms with E-state index in [0.29, 0.717) is 17.9 Å². The summed E-state index contributed by atoms with van der Waals surface area (Å²) in [6.07, 6.45) is 5.30. The Kier molecular flexibility index (Phi) is 6.40. The summed E-state index contributed by atoms with van der Waals surface area (Å²) in [4.78, 5) is 1.94. The number of hydrogen-bond acceptors (Lipinski definition) is 4. The molecule has 0 fully saturated rings. The summed E-state index contributed by atoms with van der Waals surface area (Å²) in [7, 11) is 1.61. The van der Waals surface area contributed by atoms with Gasteiger partial charge in [0.05, 0.1) is 7.11 Å². The topological polar surface area (TPSA) is 33.7 Å². The number of aryl methyl sites for hydroxylation is 1. The molecule has 0 aromatic heterocycles. The van der Waals surface area contributed by atoms with Crippen molar-refractivity contribution in [3.05, 3.63) is 114 Å². The van der Waals surface area contributed by atoms with Crippen LogP contribution < -0.4 is 14.8 Å². The maximum absolute atomic E-state index is 13.7.